The van der Waals surface area contributed by atoms with Crippen LogP contribution in [-0.4, -0.2) is 34.6 Å². The summed E-state index contributed by atoms with van der Waals surface area (Å²) in [6.45, 7) is 4.28. The van der Waals surface area contributed by atoms with E-state index >= 15 is 0 Å². The summed E-state index contributed by atoms with van der Waals surface area (Å²) in [7, 11) is 0. The molecule has 106 valence electrons. The van der Waals surface area contributed by atoms with E-state index in [1.807, 2.05) is 12.3 Å². The molecular formula is C13H21N3O3. The van der Waals surface area contributed by atoms with Crippen LogP contribution in [0.15, 0.2) is 16.5 Å². The summed E-state index contributed by atoms with van der Waals surface area (Å²) in [5.74, 6) is 5.58. The molecule has 0 radical (unpaired) electrons. The number of carbonyl (C=O) groups is 1. The molecule has 1 aliphatic rings. The lowest BCUT2D eigenvalue weighted by Gasteiger charge is -2.21. The molecule has 6 nitrogen and oxygen atoms in total. The van der Waals surface area contributed by atoms with Gasteiger partial charge in [0.1, 0.15) is 5.76 Å². The second kappa shape index (κ2) is 5.73. The second-order valence-electron chi connectivity index (χ2n) is 5.37. The zero-order valence-electron chi connectivity index (χ0n) is 11.2. The Labute approximate surface area is 112 Å². The van der Waals surface area contributed by atoms with Gasteiger partial charge in [0.2, 0.25) is 0 Å². The molecule has 1 unspecified atom stereocenters. The van der Waals surface area contributed by atoms with Crippen LogP contribution in [-0.2, 0) is 6.54 Å². The van der Waals surface area contributed by atoms with Crippen LogP contribution in [0.25, 0.3) is 0 Å². The zero-order chi connectivity index (χ0) is 13.9. The number of hydrazine groups is 1. The maximum atomic E-state index is 11.3. The first-order valence-electron chi connectivity index (χ1n) is 6.54. The highest BCUT2D eigenvalue weighted by atomic mass is 16.4. The molecule has 0 saturated carbocycles. The lowest BCUT2D eigenvalue weighted by molar-refractivity contribution is 0.0442. The Bertz CT molecular complexity index is 442. The smallest absolute Gasteiger partial charge is 0.300 e. The van der Waals surface area contributed by atoms with Gasteiger partial charge in [0, 0.05) is 6.54 Å². The van der Waals surface area contributed by atoms with Crippen molar-refractivity contribution in [3.8, 4) is 0 Å². The molecule has 1 aliphatic heterocycles. The van der Waals surface area contributed by atoms with Crippen LogP contribution in [0, 0.1) is 0 Å². The predicted octanol–water partition coefficient (Wildman–Crippen LogP) is 0.620. The van der Waals surface area contributed by atoms with Gasteiger partial charge in [0.15, 0.2) is 5.76 Å². The molecule has 4 N–H and O–H groups in total. The first-order chi connectivity index (χ1) is 9.00. The summed E-state index contributed by atoms with van der Waals surface area (Å²) < 4.78 is 5.44. The third-order valence-corrected chi connectivity index (χ3v) is 3.55. The van der Waals surface area contributed by atoms with Crippen molar-refractivity contribution in [1.82, 2.24) is 10.3 Å². The van der Waals surface area contributed by atoms with Crippen molar-refractivity contribution in [3.05, 3.63) is 23.7 Å². The lowest BCUT2D eigenvalue weighted by Crippen LogP contribution is -2.29. The van der Waals surface area contributed by atoms with E-state index in [0.717, 1.165) is 38.1 Å². The Kier molecular flexibility index (Phi) is 4.24. The number of rotatable bonds is 3. The lowest BCUT2D eigenvalue weighted by atomic mass is 9.98. The Morgan fingerprint density at radius 3 is 3.05 bits per heavy atom. The molecule has 2 rings (SSSR count). The van der Waals surface area contributed by atoms with Crippen LogP contribution in [0.2, 0.25) is 0 Å². The van der Waals surface area contributed by atoms with Crippen molar-refractivity contribution in [2.24, 2.45) is 5.84 Å². The normalized spacial score (nSPS) is 25.0. The summed E-state index contributed by atoms with van der Waals surface area (Å²) in [6, 6.07) is 3.40. The van der Waals surface area contributed by atoms with E-state index in [1.54, 1.807) is 12.1 Å². The van der Waals surface area contributed by atoms with Crippen LogP contribution in [0.1, 0.15) is 42.5 Å². The number of nitrogens with zero attached hydrogens (tertiary/aromatic N) is 1. The average Bonchev–Trinajstić information content (AvgIpc) is 2.76. The molecule has 0 aliphatic carbocycles. The molecule has 1 atom stereocenters. The fourth-order valence-electron chi connectivity index (χ4n) is 2.35. The summed E-state index contributed by atoms with van der Waals surface area (Å²) in [6.07, 6.45) is 2.54. The van der Waals surface area contributed by atoms with E-state index in [2.05, 4.69) is 4.90 Å². The molecule has 0 bridgehead atoms. The van der Waals surface area contributed by atoms with Crippen molar-refractivity contribution < 1.29 is 14.3 Å². The molecule has 0 spiro atoms. The molecule has 0 aromatic carbocycles. The summed E-state index contributed by atoms with van der Waals surface area (Å²) in [5.41, 5.74) is 1.47. The van der Waals surface area contributed by atoms with Crippen molar-refractivity contribution >= 4 is 5.91 Å². The number of nitrogen functional groups attached to an aromatic ring is 1. The van der Waals surface area contributed by atoms with Crippen LogP contribution in [0.4, 0.5) is 0 Å². The highest BCUT2D eigenvalue weighted by Gasteiger charge is 2.25. The third-order valence-electron chi connectivity index (χ3n) is 3.55. The second-order valence-corrected chi connectivity index (χ2v) is 5.37. The molecule has 2 heterocycles. The topological polar surface area (TPSA) is 91.7 Å². The number of nitrogens with one attached hydrogen (secondary N) is 1. The summed E-state index contributed by atoms with van der Waals surface area (Å²) in [5, 5.41) is 10.0. The summed E-state index contributed by atoms with van der Waals surface area (Å²) >= 11 is 0. The Morgan fingerprint density at radius 2 is 2.32 bits per heavy atom. The number of furan rings is 1. The van der Waals surface area contributed by atoms with Crippen LogP contribution < -0.4 is 11.3 Å². The predicted molar refractivity (Wildman–Crippen MR) is 70.1 cm³/mol. The van der Waals surface area contributed by atoms with E-state index in [-0.39, 0.29) is 5.76 Å². The highest BCUT2D eigenvalue weighted by Crippen LogP contribution is 2.22. The van der Waals surface area contributed by atoms with Gasteiger partial charge in [-0.3, -0.25) is 15.1 Å². The Hall–Kier alpha value is -1.37. The van der Waals surface area contributed by atoms with Gasteiger partial charge in [-0.2, -0.15) is 0 Å². The molecule has 19 heavy (non-hydrogen) atoms. The molecule has 6 heteroatoms. The first-order valence-corrected chi connectivity index (χ1v) is 6.54. The largest absolute Gasteiger partial charge is 0.455 e. The molecule has 1 saturated heterocycles. The van der Waals surface area contributed by atoms with E-state index in [1.165, 1.54) is 0 Å². The van der Waals surface area contributed by atoms with Crippen LogP contribution in [0.5, 0.6) is 0 Å². The fourth-order valence-corrected chi connectivity index (χ4v) is 2.35. The minimum Gasteiger partial charge on any atom is -0.455 e. The minimum absolute atomic E-state index is 0.222. The Morgan fingerprint density at radius 1 is 1.53 bits per heavy atom. The standard InChI is InChI=1S/C13H21N3O3/c1-13(18)5-2-7-16(8-6-13)9-10-3-4-11(19-10)12(17)15-14/h3-4,18H,2,5-9,14H2,1H3,(H,15,17). The van der Waals surface area contributed by atoms with Gasteiger partial charge < -0.3 is 9.52 Å². The molecule has 1 aromatic heterocycles. The molecular weight excluding hydrogens is 246 g/mol. The van der Waals surface area contributed by atoms with Gasteiger partial charge in [-0.1, -0.05) is 0 Å². The maximum absolute atomic E-state index is 11.3. The monoisotopic (exact) mass is 267 g/mol. The van der Waals surface area contributed by atoms with Gasteiger partial charge in [0.25, 0.3) is 0 Å². The number of hydrogen-bond acceptors (Lipinski definition) is 5. The summed E-state index contributed by atoms with van der Waals surface area (Å²) in [4.78, 5) is 13.5. The van der Waals surface area contributed by atoms with Gasteiger partial charge in [-0.25, -0.2) is 5.84 Å². The SMILES string of the molecule is CC1(O)CCCN(Cc2ccc(C(=O)NN)o2)CC1. The minimum atomic E-state index is -0.567. The van der Waals surface area contributed by atoms with Crippen LogP contribution >= 0.6 is 0 Å². The number of likely N-dealkylation sites (tertiary alicyclic amines) is 1. The number of hydrogen-bond donors (Lipinski definition) is 3. The van der Waals surface area contributed by atoms with Crippen molar-refractivity contribution in [1.29, 1.82) is 0 Å². The van der Waals surface area contributed by atoms with Gasteiger partial charge >= 0.3 is 5.91 Å². The number of nitrogens with two attached hydrogens (primary N) is 1. The van der Waals surface area contributed by atoms with Crippen molar-refractivity contribution in [2.45, 2.75) is 38.3 Å². The van der Waals surface area contributed by atoms with E-state index in [0.29, 0.717) is 6.54 Å². The number of amides is 1. The van der Waals surface area contributed by atoms with Gasteiger partial charge in [0.05, 0.1) is 12.1 Å². The fraction of sp³-hybridized carbons (Fsp3) is 0.615. The van der Waals surface area contributed by atoms with E-state index in [9.17, 15) is 9.90 Å². The average molecular weight is 267 g/mol. The third kappa shape index (κ3) is 3.79. The molecule has 1 fully saturated rings. The Balaban J connectivity index is 1.94. The zero-order valence-corrected chi connectivity index (χ0v) is 11.2. The van der Waals surface area contributed by atoms with Gasteiger partial charge in [-0.05, 0) is 44.9 Å². The van der Waals surface area contributed by atoms with Gasteiger partial charge in [-0.15, -0.1) is 0 Å². The van der Waals surface area contributed by atoms with E-state index in [4.69, 9.17) is 10.3 Å². The van der Waals surface area contributed by atoms with E-state index < -0.39 is 11.5 Å². The molecule has 1 amide bonds. The molecule has 1 aromatic rings. The highest BCUT2D eigenvalue weighted by molar-refractivity contribution is 5.90. The number of carbonyl (C=O) groups excluding carboxylic acids is 1. The quantitative estimate of drug-likeness (QED) is 0.424. The number of aliphatic hydroxyl groups is 1. The van der Waals surface area contributed by atoms with Crippen LogP contribution in [0.3, 0.4) is 0 Å². The maximum Gasteiger partial charge on any atom is 0.300 e. The van der Waals surface area contributed by atoms with Crippen molar-refractivity contribution in [2.75, 3.05) is 13.1 Å². The van der Waals surface area contributed by atoms with Crippen molar-refractivity contribution in [3.63, 3.8) is 0 Å². The first kappa shape index (κ1) is 14.0.